The maximum atomic E-state index is 14.4. The van der Waals surface area contributed by atoms with Crippen LogP contribution in [-0.2, 0) is 6.18 Å². The average Bonchev–Trinajstić information content (AvgIpc) is 3.00. The lowest BCUT2D eigenvalue weighted by molar-refractivity contribution is -0.139. The predicted molar refractivity (Wildman–Crippen MR) is 90.8 cm³/mol. The van der Waals surface area contributed by atoms with Crippen LogP contribution in [0, 0.1) is 11.2 Å². The topological polar surface area (TPSA) is 83.0 Å². The zero-order valence-corrected chi connectivity index (χ0v) is 14.8. The van der Waals surface area contributed by atoms with Crippen molar-refractivity contribution in [1.29, 1.82) is 0 Å². The van der Waals surface area contributed by atoms with Gasteiger partial charge in [-0.1, -0.05) is 6.92 Å². The van der Waals surface area contributed by atoms with Gasteiger partial charge in [-0.3, -0.25) is 0 Å². The number of benzene rings is 1. The van der Waals surface area contributed by atoms with E-state index in [9.17, 15) is 22.4 Å². The fourth-order valence-corrected chi connectivity index (χ4v) is 3.32. The Kier molecular flexibility index (Phi) is 5.02. The van der Waals surface area contributed by atoms with Gasteiger partial charge in [-0.15, -0.1) is 5.10 Å². The smallest absolute Gasteiger partial charge is 0.388 e. The number of anilines is 1. The van der Waals surface area contributed by atoms with Crippen LogP contribution < -0.4 is 16.4 Å². The van der Waals surface area contributed by atoms with Crippen molar-refractivity contribution in [2.24, 2.45) is 5.41 Å². The van der Waals surface area contributed by atoms with Crippen molar-refractivity contribution < 1.29 is 22.0 Å². The van der Waals surface area contributed by atoms with Crippen LogP contribution in [0.25, 0.3) is 11.5 Å². The lowest BCUT2D eigenvalue weighted by atomic mass is 9.75. The van der Waals surface area contributed by atoms with Crippen LogP contribution in [0.1, 0.15) is 32.3 Å². The number of rotatable bonds is 4. The summed E-state index contributed by atoms with van der Waals surface area (Å²) in [5.41, 5.74) is -2.10. The summed E-state index contributed by atoms with van der Waals surface area (Å²) < 4.78 is 59.5. The average molecular weight is 388 g/mol. The second-order valence-corrected chi connectivity index (χ2v) is 7.07. The summed E-state index contributed by atoms with van der Waals surface area (Å²) in [6.45, 7) is 5.30. The molecule has 2 aromatic rings. The van der Waals surface area contributed by atoms with Crippen LogP contribution in [0.15, 0.2) is 21.3 Å². The second-order valence-electron chi connectivity index (χ2n) is 7.07. The molecule has 0 amide bonds. The van der Waals surface area contributed by atoms with E-state index < -0.39 is 29.0 Å². The minimum absolute atomic E-state index is 0.0657. The summed E-state index contributed by atoms with van der Waals surface area (Å²) >= 11 is 0. The van der Waals surface area contributed by atoms with Gasteiger partial charge in [0, 0.05) is 11.6 Å². The Bertz CT molecular complexity index is 869. The molecule has 27 heavy (non-hydrogen) atoms. The lowest BCUT2D eigenvalue weighted by Gasteiger charge is -2.40. The van der Waals surface area contributed by atoms with E-state index in [4.69, 9.17) is 4.42 Å². The van der Waals surface area contributed by atoms with E-state index in [1.165, 1.54) is 0 Å². The number of alkyl halides is 3. The zero-order chi connectivity index (χ0) is 19.8. The second kappa shape index (κ2) is 6.99. The van der Waals surface area contributed by atoms with E-state index in [0.29, 0.717) is 6.07 Å². The molecule has 1 saturated heterocycles. The number of nitrogens with one attached hydrogen (secondary N) is 3. The zero-order valence-electron chi connectivity index (χ0n) is 14.8. The molecule has 0 radical (unpaired) electrons. The molecule has 1 atom stereocenters. The summed E-state index contributed by atoms with van der Waals surface area (Å²) in [6.07, 6.45) is -3.33. The monoisotopic (exact) mass is 388 g/mol. The number of hydrogen-bond acceptors (Lipinski definition) is 5. The highest BCUT2D eigenvalue weighted by Gasteiger charge is 2.40. The lowest BCUT2D eigenvalue weighted by Crippen LogP contribution is -2.44. The minimum atomic E-state index is -4.88. The van der Waals surface area contributed by atoms with Crippen molar-refractivity contribution in [2.75, 3.05) is 18.4 Å². The van der Waals surface area contributed by atoms with Crippen molar-refractivity contribution in [3.05, 3.63) is 34.1 Å². The third-order valence-corrected chi connectivity index (χ3v) is 5.22. The molecular weight excluding hydrogens is 368 g/mol. The van der Waals surface area contributed by atoms with E-state index in [-0.39, 0.29) is 22.9 Å². The first kappa shape index (κ1) is 19.4. The van der Waals surface area contributed by atoms with Crippen molar-refractivity contribution in [3.8, 4) is 11.5 Å². The number of H-pyrrole nitrogens is 1. The third-order valence-electron chi connectivity index (χ3n) is 5.22. The van der Waals surface area contributed by atoms with E-state index >= 15 is 0 Å². The van der Waals surface area contributed by atoms with Crippen LogP contribution in [0.5, 0.6) is 0 Å². The maximum absolute atomic E-state index is 14.4. The molecule has 0 saturated carbocycles. The van der Waals surface area contributed by atoms with Crippen LogP contribution in [-0.4, -0.2) is 29.3 Å². The Labute approximate surface area is 152 Å². The van der Waals surface area contributed by atoms with Crippen molar-refractivity contribution in [2.45, 2.75) is 38.9 Å². The fraction of sp³-hybridized carbons (Fsp3) is 0.529. The van der Waals surface area contributed by atoms with Gasteiger partial charge in [0.15, 0.2) is 0 Å². The first-order valence-electron chi connectivity index (χ1n) is 8.54. The largest absolute Gasteiger partial charge is 0.434 e. The predicted octanol–water partition coefficient (Wildman–Crippen LogP) is 3.38. The van der Waals surface area contributed by atoms with Gasteiger partial charge in [-0.25, -0.2) is 14.3 Å². The number of nitrogens with zero attached hydrogens (tertiary/aromatic N) is 1. The number of halogens is 4. The molecule has 0 unspecified atom stereocenters. The van der Waals surface area contributed by atoms with Gasteiger partial charge < -0.3 is 15.1 Å². The molecule has 6 nitrogen and oxygen atoms in total. The molecule has 0 spiro atoms. The first-order valence-corrected chi connectivity index (χ1v) is 8.54. The fourth-order valence-electron chi connectivity index (χ4n) is 3.32. The molecule has 0 aliphatic carbocycles. The summed E-state index contributed by atoms with van der Waals surface area (Å²) in [6, 6.07) is 1.41. The van der Waals surface area contributed by atoms with E-state index in [2.05, 4.69) is 15.7 Å². The number of hydrogen-bond donors (Lipinski definition) is 3. The SMILES string of the molecule is C[C@H](Nc1cc(-c2n[nH]c(=O)o2)cc(F)c1C(F)(F)F)C1(C)CCNCC1. The Hall–Kier alpha value is -2.36. The molecule has 1 aromatic heterocycles. The number of piperidine rings is 1. The molecule has 1 aliphatic rings. The molecule has 1 aliphatic heterocycles. The molecule has 10 heteroatoms. The molecule has 3 N–H and O–H groups in total. The summed E-state index contributed by atoms with van der Waals surface area (Å²) in [7, 11) is 0. The highest BCUT2D eigenvalue weighted by Crippen LogP contribution is 2.41. The van der Waals surface area contributed by atoms with Gasteiger partial charge in [-0.05, 0) is 50.4 Å². The third kappa shape index (κ3) is 4.00. The summed E-state index contributed by atoms with van der Waals surface area (Å²) in [5.74, 6) is -2.62. The Morgan fingerprint density at radius 3 is 2.52 bits per heavy atom. The van der Waals surface area contributed by atoms with Crippen LogP contribution in [0.4, 0.5) is 23.2 Å². The molecule has 0 bridgehead atoms. The Morgan fingerprint density at radius 1 is 1.30 bits per heavy atom. The van der Waals surface area contributed by atoms with Crippen molar-refractivity contribution in [3.63, 3.8) is 0 Å². The summed E-state index contributed by atoms with van der Waals surface area (Å²) in [5, 5.41) is 11.6. The van der Waals surface area contributed by atoms with Crippen molar-refractivity contribution >= 4 is 5.69 Å². The molecule has 1 fully saturated rings. The molecule has 1 aromatic carbocycles. The van der Waals surface area contributed by atoms with Crippen molar-refractivity contribution in [1.82, 2.24) is 15.5 Å². The molecular formula is C17H20F4N4O2. The Balaban J connectivity index is 2.02. The Morgan fingerprint density at radius 2 is 1.96 bits per heavy atom. The van der Waals surface area contributed by atoms with Gasteiger partial charge in [0.05, 0.1) is 5.69 Å². The number of aromatic nitrogens is 2. The summed E-state index contributed by atoms with van der Waals surface area (Å²) in [4.78, 5) is 11.1. The number of aromatic amines is 1. The van der Waals surface area contributed by atoms with Crippen LogP contribution in [0.2, 0.25) is 0 Å². The normalized spacial score (nSPS) is 18.3. The van der Waals surface area contributed by atoms with Crippen LogP contribution in [0.3, 0.4) is 0 Å². The molecule has 148 valence electrons. The van der Waals surface area contributed by atoms with E-state index in [0.717, 1.165) is 32.0 Å². The highest BCUT2D eigenvalue weighted by molar-refractivity contribution is 5.66. The van der Waals surface area contributed by atoms with Gasteiger partial charge >= 0.3 is 11.9 Å². The van der Waals surface area contributed by atoms with E-state index in [1.54, 1.807) is 6.92 Å². The first-order chi connectivity index (χ1) is 12.6. The van der Waals surface area contributed by atoms with E-state index in [1.807, 2.05) is 12.0 Å². The van der Waals surface area contributed by atoms with Gasteiger partial charge in [-0.2, -0.15) is 13.2 Å². The minimum Gasteiger partial charge on any atom is -0.388 e. The van der Waals surface area contributed by atoms with Gasteiger partial charge in [0.2, 0.25) is 5.89 Å². The van der Waals surface area contributed by atoms with Gasteiger partial charge in [0.1, 0.15) is 11.4 Å². The molecule has 3 rings (SSSR count). The van der Waals surface area contributed by atoms with Gasteiger partial charge in [0.25, 0.3) is 0 Å². The standard InChI is InChI=1S/C17H20F4N4O2/c1-9(16(2)3-5-22-6-4-16)23-12-8-10(14-24-25-15(26)27-14)7-11(18)13(12)17(19,20)21/h7-9,22-23H,3-6H2,1-2H3,(H,25,26)/t9-/m0/s1. The highest BCUT2D eigenvalue weighted by atomic mass is 19.4. The maximum Gasteiger partial charge on any atom is 0.434 e. The molecule has 2 heterocycles. The van der Waals surface area contributed by atoms with Crippen LogP contribution >= 0.6 is 0 Å². The quantitative estimate of drug-likeness (QED) is 0.700.